The van der Waals surface area contributed by atoms with E-state index in [0.29, 0.717) is 11.7 Å². The van der Waals surface area contributed by atoms with Gasteiger partial charge in [-0.05, 0) is 183 Å². The number of aromatic amines is 1. The van der Waals surface area contributed by atoms with Crippen LogP contribution in [0.15, 0.2) is 36.4 Å². The van der Waals surface area contributed by atoms with Crippen LogP contribution in [0.4, 0.5) is 0 Å². The molecular formula is C76H159NO. The van der Waals surface area contributed by atoms with Crippen LogP contribution >= 0.6 is 0 Å². The molecular weight excluding hydrogens is 943 g/mol. The fourth-order valence-electron chi connectivity index (χ4n) is 9.93. The van der Waals surface area contributed by atoms with Crippen molar-refractivity contribution in [3.05, 3.63) is 58.9 Å². The van der Waals surface area contributed by atoms with E-state index >= 15 is 0 Å². The van der Waals surface area contributed by atoms with Gasteiger partial charge in [0.25, 0.3) is 0 Å². The average Bonchev–Trinajstić information content (AvgIpc) is 3.66. The van der Waals surface area contributed by atoms with Crippen molar-refractivity contribution < 1.29 is 4.79 Å². The van der Waals surface area contributed by atoms with Crippen LogP contribution in [-0.2, 0) is 30.5 Å². The van der Waals surface area contributed by atoms with Gasteiger partial charge in [0, 0.05) is 24.2 Å². The molecule has 3 rings (SSSR count). The number of nitrogens with one attached hydrogen (secondary N) is 1. The number of Topliss-reactive ketones (excluding diaryl/α,β-unsaturated/α-hetero) is 1. The number of H-pyrrole nitrogens is 1. The number of carbonyl (C=O) groups excluding carboxylic acids is 1. The molecule has 0 amide bonds. The third kappa shape index (κ3) is 74.2. The van der Waals surface area contributed by atoms with E-state index in [2.05, 4.69) is 214 Å². The molecule has 1 N–H and O–H groups in total. The number of ketones is 1. The normalized spacial score (nSPS) is 13.2. The lowest BCUT2D eigenvalue weighted by Gasteiger charge is -2.37. The van der Waals surface area contributed by atoms with Gasteiger partial charge in [-0.1, -0.05) is 280 Å². The first-order chi connectivity index (χ1) is 34.4. The zero-order chi connectivity index (χ0) is 58.5. The Kier molecular flexibility index (Phi) is 74.9. The maximum atomic E-state index is 11.2. The topological polar surface area (TPSA) is 32.9 Å². The van der Waals surface area contributed by atoms with Crippen LogP contribution < -0.4 is 0 Å². The molecule has 1 aliphatic carbocycles. The van der Waals surface area contributed by atoms with Crippen molar-refractivity contribution in [1.82, 2.24) is 4.98 Å². The van der Waals surface area contributed by atoms with Gasteiger partial charge in [-0.25, -0.2) is 0 Å². The predicted molar refractivity (Wildman–Crippen MR) is 371 cm³/mol. The molecule has 0 saturated heterocycles. The van der Waals surface area contributed by atoms with E-state index in [0.717, 1.165) is 115 Å². The summed E-state index contributed by atoms with van der Waals surface area (Å²) in [6.07, 6.45) is 21.5. The lowest BCUT2D eigenvalue weighted by molar-refractivity contribution is -0.119. The maximum absolute atomic E-state index is 11.2. The molecule has 2 nitrogen and oxygen atoms in total. The van der Waals surface area contributed by atoms with E-state index in [4.69, 9.17) is 0 Å². The van der Waals surface area contributed by atoms with Crippen molar-refractivity contribution in [2.24, 2.45) is 88.8 Å². The Hall–Kier alpha value is -1.83. The molecule has 474 valence electrons. The van der Waals surface area contributed by atoms with E-state index in [-0.39, 0.29) is 29.7 Å². The van der Waals surface area contributed by atoms with E-state index in [1.165, 1.54) is 99.6 Å². The molecule has 0 aliphatic heterocycles. The Morgan fingerprint density at radius 2 is 0.731 bits per heavy atom. The summed E-state index contributed by atoms with van der Waals surface area (Å²) in [5.41, 5.74) is 5.73. The molecule has 0 radical (unpaired) electrons. The summed E-state index contributed by atoms with van der Waals surface area (Å²) in [6, 6.07) is 13.5. The fraction of sp³-hybridized carbons (Fsp3) is 0.855. The van der Waals surface area contributed by atoms with Crippen LogP contribution in [-0.4, -0.2) is 10.8 Å². The molecule has 1 aromatic heterocycles. The first-order valence-electron chi connectivity index (χ1n) is 32.2. The van der Waals surface area contributed by atoms with Crippen molar-refractivity contribution in [2.45, 2.75) is 340 Å². The van der Waals surface area contributed by atoms with E-state index in [1.54, 1.807) is 0 Å². The SMILES string of the molecule is C.C.C.C.CC.CC.CC(C)CC(C)CC(C)C.CC(C)CC1CC(CC(C)C)C1.CC(C)CCCC(=O)CC(C)C.CC(C)CCCC(C)C.CC(C)Cc1ccc(CC(C)C)[nH]1.CC(C)Cc1cccc(CC(C)C)c1. The minimum absolute atomic E-state index is 0. The van der Waals surface area contributed by atoms with E-state index in [9.17, 15) is 4.79 Å². The minimum Gasteiger partial charge on any atom is -0.362 e. The lowest BCUT2D eigenvalue weighted by atomic mass is 9.69. The van der Waals surface area contributed by atoms with Crippen LogP contribution in [0.3, 0.4) is 0 Å². The van der Waals surface area contributed by atoms with E-state index in [1.807, 2.05) is 27.7 Å². The van der Waals surface area contributed by atoms with Crippen molar-refractivity contribution in [1.29, 1.82) is 0 Å². The van der Waals surface area contributed by atoms with Crippen molar-refractivity contribution in [3.8, 4) is 0 Å². The lowest BCUT2D eigenvalue weighted by Crippen LogP contribution is -2.25. The number of aromatic nitrogens is 1. The highest BCUT2D eigenvalue weighted by Gasteiger charge is 2.29. The molecule has 0 unspecified atom stereocenters. The molecule has 0 atom stereocenters. The van der Waals surface area contributed by atoms with Gasteiger partial charge in [-0.2, -0.15) is 0 Å². The van der Waals surface area contributed by atoms with Gasteiger partial charge >= 0.3 is 0 Å². The van der Waals surface area contributed by atoms with Crippen LogP contribution in [0.1, 0.15) is 336 Å². The van der Waals surface area contributed by atoms with Gasteiger partial charge in [0.1, 0.15) is 5.78 Å². The summed E-state index contributed by atoms with van der Waals surface area (Å²) < 4.78 is 0. The molecule has 2 heteroatoms. The molecule has 1 aromatic carbocycles. The summed E-state index contributed by atoms with van der Waals surface area (Å²) in [5, 5.41) is 0. The van der Waals surface area contributed by atoms with Crippen molar-refractivity contribution >= 4 is 5.78 Å². The van der Waals surface area contributed by atoms with Gasteiger partial charge in [-0.3, -0.25) is 4.79 Å². The summed E-state index contributed by atoms with van der Waals surface area (Å²) >= 11 is 0. The number of hydrogen-bond donors (Lipinski definition) is 1. The molecule has 0 bridgehead atoms. The summed E-state index contributed by atoms with van der Waals surface area (Å²) in [6.45, 7) is 64.8. The fourth-order valence-corrected chi connectivity index (χ4v) is 9.93. The highest BCUT2D eigenvalue weighted by atomic mass is 16.1. The van der Waals surface area contributed by atoms with Crippen LogP contribution in [0.2, 0.25) is 0 Å². The zero-order valence-electron chi connectivity index (χ0n) is 56.6. The molecule has 1 aliphatic rings. The smallest absolute Gasteiger partial charge is 0.133 e. The summed E-state index contributed by atoms with van der Waals surface area (Å²) in [4.78, 5) is 14.7. The highest BCUT2D eigenvalue weighted by molar-refractivity contribution is 5.78. The standard InChI is InChI=1S/C14H22.C12H21N.C12H24.C11H22O.C10H22.C9H20.2C2H6.4CH4/c1-11(2)8-13-6-5-7-14(10-13)9-12(3)4;1-9(2)7-11-5-6-12(13-11)8-10(3)4;1-9(2)5-11-7-12(8-11)6-10(3)4;1-9(2)6-5-7-11(12)8-10(3)4;1-8(2)6-10(5)7-9(3)4;1-8(2)6-5-7-9(3)4;2*1-2;;;;/h5-7,10-12H,8-9H2,1-4H3;5-6,9-10,13H,7-8H2,1-4H3;9-12H,5-8H2,1-4H3;9-10H,5-8H2,1-4H3;8-10H,6-7H2,1-5H3;8-9H,5-7H2,1-4H3;2*1-2H3;4*1H4. The first-order valence-corrected chi connectivity index (χ1v) is 32.2. The number of carbonyl (C=O) groups is 1. The molecule has 2 aromatic rings. The number of hydrogen-bond acceptors (Lipinski definition) is 1. The third-order valence-electron chi connectivity index (χ3n) is 12.5. The Labute approximate surface area is 500 Å². The maximum Gasteiger partial charge on any atom is 0.133 e. The highest BCUT2D eigenvalue weighted by Crippen LogP contribution is 2.41. The van der Waals surface area contributed by atoms with E-state index < -0.39 is 0 Å². The Morgan fingerprint density at radius 1 is 0.410 bits per heavy atom. The van der Waals surface area contributed by atoms with Crippen LogP contribution in [0.25, 0.3) is 0 Å². The molecule has 78 heavy (non-hydrogen) atoms. The minimum atomic E-state index is 0. The Bertz CT molecular complexity index is 1340. The van der Waals surface area contributed by atoms with Crippen LogP contribution in [0, 0.1) is 88.8 Å². The number of rotatable bonds is 26. The van der Waals surface area contributed by atoms with Gasteiger partial charge in [0.15, 0.2) is 0 Å². The monoisotopic (exact) mass is 1100 g/mol. The van der Waals surface area contributed by atoms with Crippen molar-refractivity contribution in [2.75, 3.05) is 0 Å². The quantitative estimate of drug-likeness (QED) is 0.100. The van der Waals surface area contributed by atoms with Crippen LogP contribution in [0.5, 0.6) is 0 Å². The average molecular weight is 1100 g/mol. The largest absolute Gasteiger partial charge is 0.362 e. The van der Waals surface area contributed by atoms with Gasteiger partial charge in [0.2, 0.25) is 0 Å². The Morgan fingerprint density at radius 3 is 1.00 bits per heavy atom. The molecule has 1 fully saturated rings. The predicted octanol–water partition coefficient (Wildman–Crippen LogP) is 26.8. The first kappa shape index (κ1) is 95.4. The summed E-state index contributed by atoms with van der Waals surface area (Å²) in [5.74, 6) is 13.1. The van der Waals surface area contributed by atoms with Gasteiger partial charge < -0.3 is 4.98 Å². The summed E-state index contributed by atoms with van der Waals surface area (Å²) in [7, 11) is 0. The molecule has 1 heterocycles. The second-order valence-electron chi connectivity index (χ2n) is 27.7. The van der Waals surface area contributed by atoms with Crippen molar-refractivity contribution in [3.63, 3.8) is 0 Å². The third-order valence-corrected chi connectivity index (χ3v) is 12.5. The second-order valence-corrected chi connectivity index (χ2v) is 27.7. The van der Waals surface area contributed by atoms with Gasteiger partial charge in [-0.15, -0.1) is 0 Å². The Balaban J connectivity index is -0.000000103. The second kappa shape index (κ2) is 61.2. The van der Waals surface area contributed by atoms with Gasteiger partial charge in [0.05, 0.1) is 0 Å². The zero-order valence-corrected chi connectivity index (χ0v) is 56.6. The number of benzene rings is 1. The molecule has 1 saturated carbocycles. The molecule has 0 spiro atoms.